The molecular formula is C25H38ClNO. The topological polar surface area (TPSA) is 35.2 Å². The van der Waals surface area contributed by atoms with E-state index in [0.29, 0.717) is 0 Å². The molecule has 2 aromatic carbocycles. The smallest absolute Gasteiger partial charge is 0.123 e. The Morgan fingerprint density at radius 1 is 0.893 bits per heavy atom. The fraction of sp³-hybridized carbons (Fsp3) is 0.520. The van der Waals surface area contributed by atoms with Crippen molar-refractivity contribution in [2.75, 3.05) is 0 Å². The van der Waals surface area contributed by atoms with E-state index < -0.39 is 0 Å². The van der Waals surface area contributed by atoms with Crippen LogP contribution < -0.4 is 10.5 Å². The van der Waals surface area contributed by atoms with E-state index in [0.717, 1.165) is 17.7 Å². The van der Waals surface area contributed by atoms with E-state index in [1.165, 1.54) is 49.7 Å². The fourth-order valence-electron chi connectivity index (χ4n) is 3.61. The first kappa shape index (κ1) is 24.5. The third kappa shape index (κ3) is 7.48. The van der Waals surface area contributed by atoms with Crippen LogP contribution in [0.5, 0.6) is 5.75 Å². The third-order valence-electron chi connectivity index (χ3n) is 5.17. The van der Waals surface area contributed by atoms with Gasteiger partial charge in [0, 0.05) is 5.54 Å². The summed E-state index contributed by atoms with van der Waals surface area (Å²) in [6.07, 6.45) is 8.93. The van der Waals surface area contributed by atoms with E-state index in [-0.39, 0.29) is 24.0 Å². The second kappa shape index (κ2) is 12.1. The molecular weight excluding hydrogens is 366 g/mol. The second-order valence-corrected chi connectivity index (χ2v) is 8.19. The number of benzene rings is 2. The molecule has 0 aliphatic rings. The Morgan fingerprint density at radius 2 is 1.50 bits per heavy atom. The summed E-state index contributed by atoms with van der Waals surface area (Å²) in [5, 5.41) is 0. The molecule has 2 rings (SSSR count). The molecule has 0 aliphatic heterocycles. The van der Waals surface area contributed by atoms with E-state index in [9.17, 15) is 0 Å². The number of para-hydroxylation sites is 1. The van der Waals surface area contributed by atoms with Crippen molar-refractivity contribution in [3.05, 3.63) is 65.2 Å². The quantitative estimate of drug-likeness (QED) is 0.398. The van der Waals surface area contributed by atoms with Crippen LogP contribution >= 0.6 is 12.4 Å². The van der Waals surface area contributed by atoms with Gasteiger partial charge in [0.25, 0.3) is 0 Å². The van der Waals surface area contributed by atoms with Crippen molar-refractivity contribution >= 4 is 12.4 Å². The summed E-state index contributed by atoms with van der Waals surface area (Å²) >= 11 is 0. The highest BCUT2D eigenvalue weighted by molar-refractivity contribution is 5.85. The van der Waals surface area contributed by atoms with Gasteiger partial charge in [-0.25, -0.2) is 0 Å². The molecule has 0 bridgehead atoms. The molecule has 2 aromatic rings. The van der Waals surface area contributed by atoms with Crippen molar-refractivity contribution in [3.8, 4) is 5.75 Å². The Bertz CT molecular complexity index is 693. The van der Waals surface area contributed by atoms with Crippen molar-refractivity contribution in [3.63, 3.8) is 0 Å². The standard InChI is InChI=1S/C25H37NO.ClH/c1-5-6-7-8-9-10-15-21-16-11-14-19-24(21)27-20(2)22-17-12-13-18-23(22)25(3,4)26;/h11-14,16-20H,5-10,15,26H2,1-4H3;1H. The van der Waals surface area contributed by atoms with Crippen LogP contribution in [0.4, 0.5) is 0 Å². The van der Waals surface area contributed by atoms with Crippen LogP contribution in [0.3, 0.4) is 0 Å². The molecule has 0 aromatic heterocycles. The monoisotopic (exact) mass is 403 g/mol. The third-order valence-corrected chi connectivity index (χ3v) is 5.17. The fourth-order valence-corrected chi connectivity index (χ4v) is 3.61. The lowest BCUT2D eigenvalue weighted by molar-refractivity contribution is 0.221. The summed E-state index contributed by atoms with van der Waals surface area (Å²) in [7, 11) is 0. The van der Waals surface area contributed by atoms with Crippen molar-refractivity contribution < 1.29 is 4.74 Å². The minimum atomic E-state index is -0.383. The normalized spacial score (nSPS) is 12.3. The number of hydrogen-bond acceptors (Lipinski definition) is 2. The Kier molecular flexibility index (Phi) is 10.6. The van der Waals surface area contributed by atoms with E-state index in [2.05, 4.69) is 56.3 Å². The number of unbranched alkanes of at least 4 members (excludes halogenated alkanes) is 5. The summed E-state index contributed by atoms with van der Waals surface area (Å²) in [6, 6.07) is 16.8. The zero-order chi connectivity index (χ0) is 19.7. The first-order chi connectivity index (χ1) is 12.9. The average molecular weight is 404 g/mol. The summed E-state index contributed by atoms with van der Waals surface area (Å²) in [6.45, 7) is 8.47. The molecule has 0 radical (unpaired) electrons. The van der Waals surface area contributed by atoms with Gasteiger partial charge in [-0.2, -0.15) is 0 Å². The Morgan fingerprint density at radius 3 is 2.21 bits per heavy atom. The maximum atomic E-state index is 6.41. The van der Waals surface area contributed by atoms with Crippen LogP contribution in [-0.4, -0.2) is 0 Å². The Balaban J connectivity index is 0.00000392. The van der Waals surface area contributed by atoms with Gasteiger partial charge in [-0.1, -0.05) is 81.5 Å². The summed E-state index contributed by atoms with van der Waals surface area (Å²) in [5.41, 5.74) is 9.62. The lowest BCUT2D eigenvalue weighted by atomic mass is 9.89. The number of halogens is 1. The predicted octanol–water partition coefficient (Wildman–Crippen LogP) is 7.35. The number of ether oxygens (including phenoxy) is 1. The molecule has 2 N–H and O–H groups in total. The van der Waals surface area contributed by atoms with E-state index in [1.807, 2.05) is 19.9 Å². The molecule has 0 saturated carbocycles. The molecule has 0 fully saturated rings. The summed E-state index contributed by atoms with van der Waals surface area (Å²) < 4.78 is 6.41. The lowest BCUT2D eigenvalue weighted by Gasteiger charge is -2.26. The van der Waals surface area contributed by atoms with Gasteiger partial charge in [0.15, 0.2) is 0 Å². The highest BCUT2D eigenvalue weighted by atomic mass is 35.5. The summed E-state index contributed by atoms with van der Waals surface area (Å²) in [4.78, 5) is 0. The Labute approximate surface area is 178 Å². The zero-order valence-electron chi connectivity index (χ0n) is 18.0. The number of rotatable bonds is 11. The largest absolute Gasteiger partial charge is 0.486 e. The van der Waals surface area contributed by atoms with E-state index in [4.69, 9.17) is 10.5 Å². The van der Waals surface area contributed by atoms with Gasteiger partial charge in [0.1, 0.15) is 11.9 Å². The van der Waals surface area contributed by atoms with Gasteiger partial charge in [0.2, 0.25) is 0 Å². The maximum Gasteiger partial charge on any atom is 0.123 e. The first-order valence-corrected chi connectivity index (χ1v) is 10.6. The van der Waals surface area contributed by atoms with Gasteiger partial charge in [-0.15, -0.1) is 12.4 Å². The van der Waals surface area contributed by atoms with Gasteiger partial charge in [-0.3, -0.25) is 0 Å². The maximum absolute atomic E-state index is 6.41. The van der Waals surface area contributed by atoms with Crippen LogP contribution in [0.25, 0.3) is 0 Å². The van der Waals surface area contributed by atoms with Crippen LogP contribution in [0.15, 0.2) is 48.5 Å². The van der Waals surface area contributed by atoms with Crippen molar-refractivity contribution in [1.29, 1.82) is 0 Å². The number of hydrogen-bond donors (Lipinski definition) is 1. The number of nitrogens with two attached hydrogens (primary N) is 1. The van der Waals surface area contributed by atoms with Crippen molar-refractivity contribution in [2.45, 2.75) is 84.3 Å². The van der Waals surface area contributed by atoms with Gasteiger partial charge >= 0.3 is 0 Å². The summed E-state index contributed by atoms with van der Waals surface area (Å²) in [5.74, 6) is 1.00. The second-order valence-electron chi connectivity index (χ2n) is 8.19. The van der Waals surface area contributed by atoms with Gasteiger partial charge in [-0.05, 0) is 56.4 Å². The predicted molar refractivity (Wildman–Crippen MR) is 123 cm³/mol. The molecule has 2 nitrogen and oxygen atoms in total. The van der Waals surface area contributed by atoms with E-state index in [1.54, 1.807) is 0 Å². The van der Waals surface area contributed by atoms with E-state index >= 15 is 0 Å². The van der Waals surface area contributed by atoms with Gasteiger partial charge < -0.3 is 10.5 Å². The average Bonchev–Trinajstić information content (AvgIpc) is 2.65. The van der Waals surface area contributed by atoms with Crippen molar-refractivity contribution in [1.82, 2.24) is 0 Å². The van der Waals surface area contributed by atoms with Crippen LogP contribution in [0.2, 0.25) is 0 Å². The van der Waals surface area contributed by atoms with Gasteiger partial charge in [0.05, 0.1) is 0 Å². The molecule has 3 heteroatoms. The van der Waals surface area contributed by atoms with Crippen LogP contribution in [0, 0.1) is 0 Å². The van der Waals surface area contributed by atoms with Crippen molar-refractivity contribution in [2.24, 2.45) is 5.73 Å². The minimum Gasteiger partial charge on any atom is -0.486 e. The first-order valence-electron chi connectivity index (χ1n) is 10.6. The zero-order valence-corrected chi connectivity index (χ0v) is 18.9. The van der Waals surface area contributed by atoms with Crippen LogP contribution in [-0.2, 0) is 12.0 Å². The molecule has 1 unspecified atom stereocenters. The Hall–Kier alpha value is -1.51. The number of aryl methyl sites for hydroxylation is 1. The molecule has 156 valence electrons. The molecule has 0 aliphatic carbocycles. The SMILES string of the molecule is CCCCCCCCc1ccccc1OC(C)c1ccccc1C(C)(C)N.Cl. The minimum absolute atomic E-state index is 0. The molecule has 28 heavy (non-hydrogen) atoms. The molecule has 0 heterocycles. The highest BCUT2D eigenvalue weighted by Crippen LogP contribution is 2.31. The lowest BCUT2D eigenvalue weighted by Crippen LogP contribution is -2.30. The molecule has 1 atom stereocenters. The highest BCUT2D eigenvalue weighted by Gasteiger charge is 2.22. The molecule has 0 saturated heterocycles. The molecule has 0 amide bonds. The molecule has 0 spiro atoms. The van der Waals surface area contributed by atoms with Crippen LogP contribution in [0.1, 0.15) is 89.0 Å².